The van der Waals surface area contributed by atoms with Crippen molar-refractivity contribution >= 4 is 46.4 Å². The Morgan fingerprint density at radius 2 is 1.74 bits per heavy atom. The van der Waals surface area contributed by atoms with Crippen LogP contribution in [0.15, 0.2) is 66.7 Å². The molecule has 0 atom stereocenters. The summed E-state index contributed by atoms with van der Waals surface area (Å²) in [6, 6.07) is 19.1. The molecule has 0 unspecified atom stereocenters. The number of hydrogen-bond donors (Lipinski definition) is 1. The molecule has 0 saturated carbocycles. The highest BCUT2D eigenvalue weighted by Gasteiger charge is 2.20. The number of halogens is 3. The minimum Gasteiger partial charge on any atom is -0.497 e. The molecule has 0 spiro atoms. The fourth-order valence-corrected chi connectivity index (χ4v) is 3.36. The molecular formula is C22H15Cl3N4O2. The Bertz CT molecular complexity index is 1260. The average Bonchev–Trinajstić information content (AvgIpc) is 3.22. The first-order chi connectivity index (χ1) is 14.9. The first-order valence-electron chi connectivity index (χ1n) is 9.08. The smallest absolute Gasteiger partial charge is 0.295 e. The van der Waals surface area contributed by atoms with Crippen LogP contribution in [0.3, 0.4) is 0 Å². The van der Waals surface area contributed by atoms with E-state index in [0.29, 0.717) is 43.6 Å². The molecular weight excluding hydrogens is 459 g/mol. The van der Waals surface area contributed by atoms with Gasteiger partial charge in [-0.05, 0) is 54.6 Å². The Labute approximate surface area is 193 Å². The molecule has 4 aromatic rings. The SMILES string of the molecule is COc1ccc(NC(=O)c2nc(-c3cccc(Cl)c3)n(-c3ccc(Cl)c(Cl)c3)n2)cc1. The van der Waals surface area contributed by atoms with E-state index in [1.54, 1.807) is 67.8 Å². The molecule has 1 heterocycles. The summed E-state index contributed by atoms with van der Waals surface area (Å²) in [7, 11) is 1.57. The van der Waals surface area contributed by atoms with E-state index in [0.717, 1.165) is 0 Å². The molecule has 4 rings (SSSR count). The van der Waals surface area contributed by atoms with Crippen LogP contribution in [0.4, 0.5) is 5.69 Å². The van der Waals surface area contributed by atoms with Crippen molar-refractivity contribution in [3.05, 3.63) is 87.6 Å². The maximum Gasteiger partial charge on any atom is 0.295 e. The van der Waals surface area contributed by atoms with Gasteiger partial charge in [-0.25, -0.2) is 9.67 Å². The lowest BCUT2D eigenvalue weighted by Gasteiger charge is -2.07. The van der Waals surface area contributed by atoms with Crippen molar-refractivity contribution in [1.82, 2.24) is 14.8 Å². The number of ether oxygens (including phenoxy) is 1. The zero-order valence-electron chi connectivity index (χ0n) is 16.1. The molecule has 0 saturated heterocycles. The van der Waals surface area contributed by atoms with Crippen LogP contribution in [0.1, 0.15) is 10.6 Å². The second kappa shape index (κ2) is 8.98. The maximum absolute atomic E-state index is 12.8. The summed E-state index contributed by atoms with van der Waals surface area (Å²) in [5.74, 6) is 0.633. The van der Waals surface area contributed by atoms with E-state index in [9.17, 15) is 4.79 Å². The van der Waals surface area contributed by atoms with Crippen LogP contribution in [0.25, 0.3) is 17.1 Å². The van der Waals surface area contributed by atoms with E-state index in [4.69, 9.17) is 39.5 Å². The summed E-state index contributed by atoms with van der Waals surface area (Å²) < 4.78 is 6.66. The van der Waals surface area contributed by atoms with Crippen molar-refractivity contribution in [3.63, 3.8) is 0 Å². The molecule has 0 aliphatic carbocycles. The third kappa shape index (κ3) is 4.66. The highest BCUT2D eigenvalue weighted by Crippen LogP contribution is 2.28. The van der Waals surface area contributed by atoms with E-state index in [1.165, 1.54) is 4.68 Å². The quantitative estimate of drug-likeness (QED) is 0.377. The van der Waals surface area contributed by atoms with Gasteiger partial charge in [0.25, 0.3) is 5.91 Å². The number of carbonyl (C=O) groups excluding carboxylic acids is 1. The minimum atomic E-state index is -0.466. The Balaban J connectivity index is 1.74. The monoisotopic (exact) mass is 472 g/mol. The molecule has 0 aliphatic heterocycles. The second-order valence-corrected chi connectivity index (χ2v) is 7.71. The van der Waals surface area contributed by atoms with Crippen molar-refractivity contribution in [3.8, 4) is 22.8 Å². The molecule has 0 fully saturated rings. The van der Waals surface area contributed by atoms with Crippen LogP contribution in [0.2, 0.25) is 15.1 Å². The lowest BCUT2D eigenvalue weighted by molar-refractivity contribution is 0.101. The Morgan fingerprint density at radius 3 is 2.42 bits per heavy atom. The van der Waals surface area contributed by atoms with Gasteiger partial charge in [-0.1, -0.05) is 46.9 Å². The minimum absolute atomic E-state index is 0.0168. The van der Waals surface area contributed by atoms with Gasteiger partial charge in [0.2, 0.25) is 5.82 Å². The van der Waals surface area contributed by atoms with Crippen LogP contribution in [0, 0.1) is 0 Å². The Hall–Kier alpha value is -3.06. The third-order valence-corrected chi connectivity index (χ3v) is 5.36. The molecule has 156 valence electrons. The molecule has 0 radical (unpaired) electrons. The number of nitrogens with one attached hydrogen (secondary N) is 1. The van der Waals surface area contributed by atoms with Crippen LogP contribution in [-0.4, -0.2) is 27.8 Å². The van der Waals surface area contributed by atoms with Gasteiger partial charge < -0.3 is 10.1 Å². The molecule has 1 aromatic heterocycles. The fraction of sp³-hybridized carbons (Fsp3) is 0.0455. The summed E-state index contributed by atoms with van der Waals surface area (Å²) in [5.41, 5.74) is 1.87. The van der Waals surface area contributed by atoms with Gasteiger partial charge >= 0.3 is 0 Å². The number of methoxy groups -OCH3 is 1. The highest BCUT2D eigenvalue weighted by molar-refractivity contribution is 6.42. The number of benzene rings is 3. The molecule has 6 nitrogen and oxygen atoms in total. The van der Waals surface area contributed by atoms with E-state index >= 15 is 0 Å². The average molecular weight is 474 g/mol. The van der Waals surface area contributed by atoms with E-state index in [-0.39, 0.29) is 5.82 Å². The van der Waals surface area contributed by atoms with Gasteiger partial charge in [0.1, 0.15) is 5.75 Å². The summed E-state index contributed by atoms with van der Waals surface area (Å²) in [6.07, 6.45) is 0. The predicted molar refractivity (Wildman–Crippen MR) is 123 cm³/mol. The number of amides is 1. The largest absolute Gasteiger partial charge is 0.497 e. The van der Waals surface area contributed by atoms with Crippen LogP contribution >= 0.6 is 34.8 Å². The summed E-state index contributed by atoms with van der Waals surface area (Å²) in [4.78, 5) is 17.3. The fourth-order valence-electron chi connectivity index (χ4n) is 2.88. The van der Waals surface area contributed by atoms with Crippen molar-refractivity contribution in [2.45, 2.75) is 0 Å². The van der Waals surface area contributed by atoms with Gasteiger partial charge in [0, 0.05) is 16.3 Å². The summed E-state index contributed by atoms with van der Waals surface area (Å²) >= 11 is 18.4. The zero-order chi connectivity index (χ0) is 22.0. The first-order valence-corrected chi connectivity index (χ1v) is 10.2. The van der Waals surface area contributed by atoms with E-state index in [2.05, 4.69) is 15.4 Å². The normalized spacial score (nSPS) is 10.7. The lowest BCUT2D eigenvalue weighted by atomic mass is 10.2. The van der Waals surface area contributed by atoms with Crippen LogP contribution in [-0.2, 0) is 0 Å². The number of rotatable bonds is 5. The van der Waals surface area contributed by atoms with Gasteiger partial charge in [-0.3, -0.25) is 4.79 Å². The summed E-state index contributed by atoms with van der Waals surface area (Å²) in [6.45, 7) is 0. The van der Waals surface area contributed by atoms with Gasteiger partial charge in [-0.2, -0.15) is 0 Å². The van der Waals surface area contributed by atoms with Crippen molar-refractivity contribution in [2.24, 2.45) is 0 Å². The third-order valence-electron chi connectivity index (χ3n) is 4.39. The molecule has 0 aliphatic rings. The standard InChI is InChI=1S/C22H15Cl3N4O2/c1-31-17-8-5-15(6-9-17)26-22(30)20-27-21(13-3-2-4-14(23)11-13)29(28-20)16-7-10-18(24)19(25)12-16/h2-12H,1H3,(H,26,30). The molecule has 9 heteroatoms. The predicted octanol–water partition coefficient (Wildman–Crippen LogP) is 6.16. The van der Waals surface area contributed by atoms with Crippen LogP contribution < -0.4 is 10.1 Å². The molecule has 3 aromatic carbocycles. The number of carbonyl (C=O) groups is 1. The lowest BCUT2D eigenvalue weighted by Crippen LogP contribution is -2.14. The molecule has 1 amide bonds. The van der Waals surface area contributed by atoms with E-state index < -0.39 is 5.91 Å². The number of hydrogen-bond acceptors (Lipinski definition) is 4. The van der Waals surface area contributed by atoms with Crippen molar-refractivity contribution in [1.29, 1.82) is 0 Å². The van der Waals surface area contributed by atoms with Crippen LogP contribution in [0.5, 0.6) is 5.75 Å². The maximum atomic E-state index is 12.8. The molecule has 1 N–H and O–H groups in total. The first kappa shape index (κ1) is 21.2. The molecule has 31 heavy (non-hydrogen) atoms. The van der Waals surface area contributed by atoms with Crippen molar-refractivity contribution in [2.75, 3.05) is 12.4 Å². The van der Waals surface area contributed by atoms with Crippen molar-refractivity contribution < 1.29 is 9.53 Å². The molecule has 0 bridgehead atoms. The number of aromatic nitrogens is 3. The topological polar surface area (TPSA) is 69.0 Å². The number of nitrogens with zero attached hydrogens (tertiary/aromatic N) is 3. The zero-order valence-corrected chi connectivity index (χ0v) is 18.4. The summed E-state index contributed by atoms with van der Waals surface area (Å²) in [5, 5.41) is 8.49. The Kier molecular flexibility index (Phi) is 6.13. The highest BCUT2D eigenvalue weighted by atomic mass is 35.5. The van der Waals surface area contributed by atoms with E-state index in [1.807, 2.05) is 6.07 Å². The second-order valence-electron chi connectivity index (χ2n) is 6.46. The van der Waals surface area contributed by atoms with Gasteiger partial charge in [0.05, 0.1) is 22.8 Å². The number of anilines is 1. The van der Waals surface area contributed by atoms with Gasteiger partial charge in [-0.15, -0.1) is 5.10 Å². The Morgan fingerprint density at radius 1 is 0.968 bits per heavy atom. The van der Waals surface area contributed by atoms with Gasteiger partial charge in [0.15, 0.2) is 5.82 Å².